The quantitative estimate of drug-likeness (QED) is 0.358. The molecule has 1 aliphatic heterocycles. The maximum absolute atomic E-state index is 12.7. The third-order valence-electron chi connectivity index (χ3n) is 4.28. The van der Waals surface area contributed by atoms with Crippen LogP contribution >= 0.6 is 35.3 Å². The third-order valence-corrected chi connectivity index (χ3v) is 5.56. The first kappa shape index (κ1) is 25.2. The molecule has 0 spiro atoms. The van der Waals surface area contributed by atoms with Gasteiger partial charge in [-0.2, -0.15) is 17.0 Å². The second-order valence-corrected chi connectivity index (χ2v) is 8.69. The van der Waals surface area contributed by atoms with Crippen molar-refractivity contribution in [3.05, 3.63) is 70.2 Å². The highest BCUT2D eigenvalue weighted by atomic mass is 35.5. The van der Waals surface area contributed by atoms with Crippen molar-refractivity contribution in [3.8, 4) is 17.4 Å². The summed E-state index contributed by atoms with van der Waals surface area (Å²) in [5.41, 5.74) is -0.0506. The molecule has 3 rings (SSSR count). The van der Waals surface area contributed by atoms with E-state index in [1.807, 2.05) is 17.6 Å². The Bertz CT molecular complexity index is 1050. The van der Waals surface area contributed by atoms with E-state index in [1.54, 1.807) is 19.1 Å². The lowest BCUT2D eigenvalue weighted by atomic mass is 10.2. The molecule has 0 aliphatic carbocycles. The Labute approximate surface area is 202 Å². The molecule has 1 amide bonds. The molecule has 1 N–H and O–H groups in total. The van der Waals surface area contributed by atoms with E-state index in [1.165, 1.54) is 27.9 Å². The number of hydrogen-bond donors (Lipinski definition) is 1. The fourth-order valence-electron chi connectivity index (χ4n) is 2.56. The minimum absolute atomic E-state index is 0.163. The Hall–Kier alpha value is -2.40. The highest BCUT2D eigenvalue weighted by molar-refractivity contribution is 8.00. The molecule has 1 aromatic heterocycles. The summed E-state index contributed by atoms with van der Waals surface area (Å²) in [6.07, 6.45) is -0.895. The van der Waals surface area contributed by atoms with Gasteiger partial charge < -0.3 is 14.8 Å². The fraction of sp³-hybridized carbons (Fsp3) is 0.238. The van der Waals surface area contributed by atoms with E-state index in [-0.39, 0.29) is 22.6 Å². The molecular formula is C21H18Cl2F3N3O3S. The van der Waals surface area contributed by atoms with Crippen molar-refractivity contribution in [2.45, 2.75) is 19.2 Å². The lowest BCUT2D eigenvalue weighted by Crippen LogP contribution is -2.37. The van der Waals surface area contributed by atoms with E-state index in [9.17, 15) is 18.0 Å². The predicted molar refractivity (Wildman–Crippen MR) is 121 cm³/mol. The van der Waals surface area contributed by atoms with Crippen LogP contribution in [0.4, 0.5) is 13.2 Å². The van der Waals surface area contributed by atoms with E-state index in [4.69, 9.17) is 32.9 Å². The molecule has 2 aromatic rings. The maximum Gasteiger partial charge on any atom is 0.417 e. The van der Waals surface area contributed by atoms with Crippen LogP contribution in [0.15, 0.2) is 59.7 Å². The predicted octanol–water partition coefficient (Wildman–Crippen LogP) is 5.99. The van der Waals surface area contributed by atoms with Crippen LogP contribution < -0.4 is 14.8 Å². The number of benzene rings is 1. The average molecular weight is 520 g/mol. The number of alkyl halides is 3. The Kier molecular flexibility index (Phi) is 8.52. The summed E-state index contributed by atoms with van der Waals surface area (Å²) in [4.78, 5) is 16.0. The van der Waals surface area contributed by atoms with Gasteiger partial charge in [0, 0.05) is 19.3 Å². The number of pyridine rings is 1. The van der Waals surface area contributed by atoms with Crippen molar-refractivity contribution in [1.82, 2.24) is 14.1 Å². The number of hydrogen-bond acceptors (Lipinski definition) is 6. The van der Waals surface area contributed by atoms with E-state index >= 15 is 0 Å². The number of ether oxygens (including phenoxy) is 2. The monoisotopic (exact) mass is 519 g/mol. The molecule has 0 radical (unpaired) electrons. The molecule has 1 atom stereocenters. The van der Waals surface area contributed by atoms with Gasteiger partial charge in [-0.25, -0.2) is 4.98 Å². The van der Waals surface area contributed by atoms with Crippen molar-refractivity contribution in [2.24, 2.45) is 0 Å². The second-order valence-electron chi connectivity index (χ2n) is 6.75. The molecule has 1 aromatic carbocycles. The Morgan fingerprint density at radius 2 is 2.00 bits per heavy atom. The number of carbonyl (C=O) groups is 1. The summed E-state index contributed by atoms with van der Waals surface area (Å²) in [5.74, 6) is 0.222. The first-order valence-electron chi connectivity index (χ1n) is 9.52. The van der Waals surface area contributed by atoms with Gasteiger partial charge in [-0.05, 0) is 78.0 Å². The van der Waals surface area contributed by atoms with Gasteiger partial charge in [0.15, 0.2) is 6.10 Å². The Balaban J connectivity index is 1.53. The minimum Gasteiger partial charge on any atom is -0.481 e. The molecule has 33 heavy (non-hydrogen) atoms. The summed E-state index contributed by atoms with van der Waals surface area (Å²) in [6, 6.07) is 6.89. The summed E-state index contributed by atoms with van der Waals surface area (Å²) >= 11 is 13.1. The largest absolute Gasteiger partial charge is 0.481 e. The molecule has 12 heteroatoms. The van der Waals surface area contributed by atoms with Crippen LogP contribution in [0, 0.1) is 0 Å². The van der Waals surface area contributed by atoms with Crippen LogP contribution in [0.5, 0.6) is 17.4 Å². The van der Waals surface area contributed by atoms with E-state index in [0.717, 1.165) is 11.6 Å². The summed E-state index contributed by atoms with van der Waals surface area (Å²) in [6.45, 7) is 2.49. The first-order valence-corrected chi connectivity index (χ1v) is 11.1. The number of amides is 1. The van der Waals surface area contributed by atoms with Crippen LogP contribution in [0.2, 0.25) is 5.02 Å². The van der Waals surface area contributed by atoms with Crippen molar-refractivity contribution in [2.75, 3.05) is 13.1 Å². The van der Waals surface area contributed by atoms with Gasteiger partial charge in [0.05, 0.1) is 5.56 Å². The molecule has 0 saturated heterocycles. The molecule has 176 valence electrons. The molecule has 1 unspecified atom stereocenters. The van der Waals surface area contributed by atoms with Gasteiger partial charge in [-0.3, -0.25) is 4.79 Å². The zero-order valence-corrected chi connectivity index (χ0v) is 19.4. The van der Waals surface area contributed by atoms with Gasteiger partial charge in [0.2, 0.25) is 5.88 Å². The fourth-order valence-corrected chi connectivity index (χ4v) is 3.50. The SMILES string of the molecule is CC(Oc1ccc(Oc2ncc(C(F)(F)F)cc2Cl)cc1)C(=O)NCC1=CCN(Cl)SC=C1. The van der Waals surface area contributed by atoms with Crippen molar-refractivity contribution in [3.63, 3.8) is 0 Å². The third kappa shape index (κ3) is 7.56. The highest BCUT2D eigenvalue weighted by Crippen LogP contribution is 2.35. The molecule has 0 saturated carbocycles. The topological polar surface area (TPSA) is 63.7 Å². The van der Waals surface area contributed by atoms with Crippen LogP contribution in [0.25, 0.3) is 0 Å². The lowest BCUT2D eigenvalue weighted by molar-refractivity contribution is -0.137. The highest BCUT2D eigenvalue weighted by Gasteiger charge is 2.31. The number of rotatable bonds is 7. The molecular weight excluding hydrogens is 502 g/mol. The standard InChI is InChI=1S/C21H18Cl2F3N3O3S/c1-13(19(30)27-11-14-6-8-29(23)33-9-7-14)31-16-2-4-17(5-3-16)32-20-18(22)10-15(12-28-20)21(24,25)26/h2-7,9-10,12-13H,8,11H2,1H3,(H,27,30). The van der Waals surface area contributed by atoms with Crippen LogP contribution in [-0.4, -0.2) is 33.9 Å². The first-order chi connectivity index (χ1) is 15.6. The van der Waals surface area contributed by atoms with Gasteiger partial charge >= 0.3 is 6.18 Å². The van der Waals surface area contributed by atoms with Gasteiger partial charge in [-0.15, -0.1) is 0 Å². The van der Waals surface area contributed by atoms with Crippen molar-refractivity contribution in [1.29, 1.82) is 0 Å². The van der Waals surface area contributed by atoms with Crippen LogP contribution in [0.1, 0.15) is 12.5 Å². The van der Waals surface area contributed by atoms with Crippen LogP contribution in [0.3, 0.4) is 0 Å². The second kappa shape index (κ2) is 11.1. The molecule has 0 bridgehead atoms. The molecule has 6 nitrogen and oxygen atoms in total. The normalized spacial score (nSPS) is 15.4. The van der Waals surface area contributed by atoms with E-state index in [0.29, 0.717) is 25.0 Å². The van der Waals surface area contributed by atoms with Crippen molar-refractivity contribution >= 4 is 41.2 Å². The zero-order chi connectivity index (χ0) is 24.0. The summed E-state index contributed by atoms with van der Waals surface area (Å²) in [5, 5.41) is 4.35. The van der Waals surface area contributed by atoms with Gasteiger partial charge in [-0.1, -0.05) is 17.7 Å². The smallest absolute Gasteiger partial charge is 0.417 e. The minimum atomic E-state index is -4.55. The molecule has 1 aliphatic rings. The molecule has 2 heterocycles. The Morgan fingerprint density at radius 1 is 1.30 bits per heavy atom. The van der Waals surface area contributed by atoms with Gasteiger partial charge in [0.1, 0.15) is 16.5 Å². The summed E-state index contributed by atoms with van der Waals surface area (Å²) < 4.78 is 50.7. The Morgan fingerprint density at radius 3 is 2.67 bits per heavy atom. The number of nitrogens with one attached hydrogen (secondary N) is 1. The van der Waals surface area contributed by atoms with Gasteiger partial charge in [0.25, 0.3) is 5.91 Å². The number of halogens is 5. The number of nitrogens with zero attached hydrogens (tertiary/aromatic N) is 2. The van der Waals surface area contributed by atoms with E-state index < -0.39 is 17.8 Å². The molecule has 0 fully saturated rings. The number of aromatic nitrogens is 1. The number of carbonyl (C=O) groups excluding carboxylic acids is 1. The van der Waals surface area contributed by atoms with Crippen LogP contribution in [-0.2, 0) is 11.0 Å². The zero-order valence-electron chi connectivity index (χ0n) is 17.1. The summed E-state index contributed by atoms with van der Waals surface area (Å²) in [7, 11) is 0. The van der Waals surface area contributed by atoms with Crippen molar-refractivity contribution < 1.29 is 27.4 Å². The average Bonchev–Trinajstić information content (AvgIpc) is 2.98. The maximum atomic E-state index is 12.7. The van der Waals surface area contributed by atoms with E-state index in [2.05, 4.69) is 10.3 Å². The lowest BCUT2D eigenvalue weighted by Gasteiger charge is -2.15.